The van der Waals surface area contributed by atoms with Crippen molar-refractivity contribution in [2.24, 2.45) is 0 Å². The number of benzene rings is 2. The van der Waals surface area contributed by atoms with E-state index in [0.29, 0.717) is 11.1 Å². The second-order valence-corrected chi connectivity index (χ2v) is 6.24. The number of rotatable bonds is 4. The summed E-state index contributed by atoms with van der Waals surface area (Å²) in [7, 11) is 0. The summed E-state index contributed by atoms with van der Waals surface area (Å²) in [6.07, 6.45) is 3.68. The van der Waals surface area contributed by atoms with Gasteiger partial charge in [0.15, 0.2) is 0 Å². The molecule has 0 saturated heterocycles. The van der Waals surface area contributed by atoms with Gasteiger partial charge in [0.1, 0.15) is 0 Å². The molecule has 124 valence electrons. The molecule has 0 heterocycles. The lowest BCUT2D eigenvalue weighted by Crippen LogP contribution is -2.45. The molecule has 0 bridgehead atoms. The molecule has 2 aromatic carbocycles. The fraction of sp³-hybridized carbons (Fsp3) is 0.300. The van der Waals surface area contributed by atoms with E-state index in [-0.39, 0.29) is 23.9 Å². The molecule has 1 aliphatic carbocycles. The molecule has 0 radical (unpaired) electrons. The zero-order chi connectivity index (χ0) is 16.8. The Morgan fingerprint density at radius 1 is 0.708 bits per heavy atom. The molecule has 24 heavy (non-hydrogen) atoms. The normalized spacial score (nSPS) is 20.2. The van der Waals surface area contributed by atoms with Gasteiger partial charge >= 0.3 is 0 Å². The van der Waals surface area contributed by atoms with Gasteiger partial charge in [0, 0.05) is 23.2 Å². The number of hydrogen-bond donors (Lipinski definition) is 2. The Kier molecular flexibility index (Phi) is 5.26. The Balaban J connectivity index is 1.55. The predicted octanol–water partition coefficient (Wildman–Crippen LogP) is 3.16. The summed E-state index contributed by atoms with van der Waals surface area (Å²) in [6.45, 7) is 0. The van der Waals surface area contributed by atoms with Crippen LogP contribution in [-0.2, 0) is 0 Å². The van der Waals surface area contributed by atoms with Crippen molar-refractivity contribution in [2.75, 3.05) is 0 Å². The highest BCUT2D eigenvalue weighted by molar-refractivity contribution is 5.95. The quantitative estimate of drug-likeness (QED) is 0.908. The third-order valence-electron chi connectivity index (χ3n) is 4.42. The molecule has 4 nitrogen and oxygen atoms in total. The zero-order valence-corrected chi connectivity index (χ0v) is 13.6. The first-order valence-electron chi connectivity index (χ1n) is 8.44. The monoisotopic (exact) mass is 322 g/mol. The molecule has 1 saturated carbocycles. The van der Waals surface area contributed by atoms with Gasteiger partial charge in [0.25, 0.3) is 11.8 Å². The van der Waals surface area contributed by atoms with Crippen molar-refractivity contribution in [3.8, 4) is 0 Å². The van der Waals surface area contributed by atoms with E-state index in [1.165, 1.54) is 0 Å². The van der Waals surface area contributed by atoms with Gasteiger partial charge in [-0.25, -0.2) is 0 Å². The van der Waals surface area contributed by atoms with Crippen LogP contribution >= 0.6 is 0 Å². The lowest BCUT2D eigenvalue weighted by molar-refractivity contribution is 0.0903. The van der Waals surface area contributed by atoms with Gasteiger partial charge in [-0.3, -0.25) is 9.59 Å². The summed E-state index contributed by atoms with van der Waals surface area (Å²) >= 11 is 0. The average Bonchev–Trinajstić information content (AvgIpc) is 2.63. The molecule has 0 aliphatic heterocycles. The van der Waals surface area contributed by atoms with Crippen LogP contribution in [0.15, 0.2) is 60.7 Å². The molecular formula is C20H22N2O2. The van der Waals surface area contributed by atoms with Crippen molar-refractivity contribution < 1.29 is 9.59 Å². The summed E-state index contributed by atoms with van der Waals surface area (Å²) in [4.78, 5) is 24.5. The third-order valence-corrected chi connectivity index (χ3v) is 4.42. The largest absolute Gasteiger partial charge is 0.349 e. The molecule has 2 unspecified atom stereocenters. The first kappa shape index (κ1) is 16.2. The lowest BCUT2D eigenvalue weighted by Gasteiger charge is -2.30. The maximum Gasteiger partial charge on any atom is 0.251 e. The fourth-order valence-corrected chi connectivity index (χ4v) is 3.17. The number of carbonyl (C=O) groups is 2. The highest BCUT2D eigenvalue weighted by Gasteiger charge is 2.25. The van der Waals surface area contributed by atoms with Crippen molar-refractivity contribution in [3.63, 3.8) is 0 Å². The summed E-state index contributed by atoms with van der Waals surface area (Å²) in [6, 6.07) is 18.7. The molecule has 2 aromatic rings. The summed E-state index contributed by atoms with van der Waals surface area (Å²) in [5.74, 6) is -0.0914. The van der Waals surface area contributed by atoms with Crippen LogP contribution in [0.2, 0.25) is 0 Å². The minimum absolute atomic E-state index is 0.0457. The Morgan fingerprint density at radius 2 is 1.12 bits per heavy atom. The smallest absolute Gasteiger partial charge is 0.251 e. The van der Waals surface area contributed by atoms with E-state index in [4.69, 9.17) is 0 Å². The van der Waals surface area contributed by atoms with Crippen molar-refractivity contribution in [2.45, 2.75) is 37.8 Å². The zero-order valence-electron chi connectivity index (χ0n) is 13.6. The van der Waals surface area contributed by atoms with E-state index in [1.807, 2.05) is 60.7 Å². The minimum atomic E-state index is -0.0457. The molecule has 1 fully saturated rings. The van der Waals surface area contributed by atoms with E-state index in [2.05, 4.69) is 10.6 Å². The topological polar surface area (TPSA) is 58.2 Å². The molecule has 3 rings (SSSR count). The second kappa shape index (κ2) is 7.77. The maximum atomic E-state index is 12.3. The van der Waals surface area contributed by atoms with Crippen LogP contribution in [0.3, 0.4) is 0 Å². The molecule has 2 amide bonds. The molecule has 0 aromatic heterocycles. The first-order valence-corrected chi connectivity index (χ1v) is 8.44. The second-order valence-electron chi connectivity index (χ2n) is 6.24. The fourth-order valence-electron chi connectivity index (χ4n) is 3.17. The number of hydrogen-bond acceptors (Lipinski definition) is 2. The van der Waals surface area contributed by atoms with Crippen molar-refractivity contribution in [1.29, 1.82) is 0 Å². The number of nitrogens with one attached hydrogen (secondary N) is 2. The number of carbonyl (C=O) groups excluding carboxylic acids is 2. The van der Waals surface area contributed by atoms with Gasteiger partial charge in [-0.2, -0.15) is 0 Å². The van der Waals surface area contributed by atoms with Crippen LogP contribution in [-0.4, -0.2) is 23.9 Å². The van der Waals surface area contributed by atoms with Crippen LogP contribution in [0.5, 0.6) is 0 Å². The van der Waals surface area contributed by atoms with E-state index >= 15 is 0 Å². The molecular weight excluding hydrogens is 300 g/mol. The molecule has 1 aliphatic rings. The van der Waals surface area contributed by atoms with Gasteiger partial charge in [-0.15, -0.1) is 0 Å². The average molecular weight is 322 g/mol. The van der Waals surface area contributed by atoms with Crippen LogP contribution in [0.4, 0.5) is 0 Å². The van der Waals surface area contributed by atoms with Gasteiger partial charge in [-0.05, 0) is 49.9 Å². The minimum Gasteiger partial charge on any atom is -0.349 e. The molecule has 0 spiro atoms. The number of amides is 2. The maximum absolute atomic E-state index is 12.3. The van der Waals surface area contributed by atoms with Gasteiger partial charge in [0.2, 0.25) is 0 Å². The van der Waals surface area contributed by atoms with Crippen LogP contribution < -0.4 is 10.6 Å². The molecule has 2 atom stereocenters. The van der Waals surface area contributed by atoms with Crippen LogP contribution in [0.25, 0.3) is 0 Å². The Labute approximate surface area is 142 Å². The summed E-state index contributed by atoms with van der Waals surface area (Å²) in [5, 5.41) is 6.18. The molecule has 4 heteroatoms. The predicted molar refractivity (Wildman–Crippen MR) is 93.9 cm³/mol. The highest BCUT2D eigenvalue weighted by atomic mass is 16.2. The van der Waals surface area contributed by atoms with Gasteiger partial charge in [-0.1, -0.05) is 36.4 Å². The first-order chi connectivity index (χ1) is 11.7. The SMILES string of the molecule is O=C(NC1CCCC(NC(=O)c2ccccc2)C1)c1ccccc1. The van der Waals surface area contributed by atoms with Crippen LogP contribution in [0, 0.1) is 0 Å². The standard InChI is InChI=1S/C20H22N2O2/c23-19(15-8-3-1-4-9-15)21-17-12-7-13-18(14-17)22-20(24)16-10-5-2-6-11-16/h1-6,8-11,17-18H,7,12-14H2,(H,21,23)(H,22,24). The van der Waals surface area contributed by atoms with E-state index in [1.54, 1.807) is 0 Å². The summed E-state index contributed by atoms with van der Waals surface area (Å²) in [5.41, 5.74) is 1.35. The highest BCUT2D eigenvalue weighted by Crippen LogP contribution is 2.19. The lowest BCUT2D eigenvalue weighted by atomic mass is 9.90. The van der Waals surface area contributed by atoms with E-state index in [9.17, 15) is 9.59 Å². The van der Waals surface area contributed by atoms with E-state index in [0.717, 1.165) is 25.7 Å². The third kappa shape index (κ3) is 4.22. The van der Waals surface area contributed by atoms with Gasteiger partial charge in [0.05, 0.1) is 0 Å². The Bertz CT molecular complexity index is 626. The Hall–Kier alpha value is -2.62. The van der Waals surface area contributed by atoms with E-state index < -0.39 is 0 Å². The molecule has 2 N–H and O–H groups in total. The van der Waals surface area contributed by atoms with Crippen molar-refractivity contribution in [3.05, 3.63) is 71.8 Å². The summed E-state index contributed by atoms with van der Waals surface area (Å²) < 4.78 is 0. The Morgan fingerprint density at radius 3 is 1.54 bits per heavy atom. The van der Waals surface area contributed by atoms with Crippen molar-refractivity contribution >= 4 is 11.8 Å². The van der Waals surface area contributed by atoms with Crippen LogP contribution in [0.1, 0.15) is 46.4 Å². The van der Waals surface area contributed by atoms with Gasteiger partial charge < -0.3 is 10.6 Å². The van der Waals surface area contributed by atoms with Crippen molar-refractivity contribution in [1.82, 2.24) is 10.6 Å².